The monoisotopic (exact) mass is 597 g/mol. The lowest BCUT2D eigenvalue weighted by Crippen LogP contribution is -2.31. The molecule has 1 aliphatic heterocycles. The SMILES string of the molecule is CCOc1ccc(C2C(C(=O)c3ccc(C)o3)=C(O)C(=O)N2c2nnc(SCc3ccc(Cl)cc3)s2)cc1OC. The van der Waals surface area contributed by atoms with Crippen molar-refractivity contribution in [3.8, 4) is 11.5 Å². The molecule has 0 saturated carbocycles. The Morgan fingerprint density at radius 1 is 1.15 bits per heavy atom. The van der Waals surface area contributed by atoms with Crippen LogP contribution in [-0.2, 0) is 10.5 Å². The number of aryl methyl sites for hydroxylation is 1. The molecule has 1 atom stereocenters. The van der Waals surface area contributed by atoms with E-state index >= 15 is 0 Å². The number of nitrogens with zero attached hydrogens (tertiary/aromatic N) is 3. The summed E-state index contributed by atoms with van der Waals surface area (Å²) < 4.78 is 17.3. The largest absolute Gasteiger partial charge is 0.503 e. The summed E-state index contributed by atoms with van der Waals surface area (Å²) in [6.07, 6.45) is 0. The van der Waals surface area contributed by atoms with Gasteiger partial charge in [-0.05, 0) is 61.4 Å². The van der Waals surface area contributed by atoms with Crippen LogP contribution in [0.1, 0.15) is 40.4 Å². The number of furan rings is 1. The number of thioether (sulfide) groups is 1. The molecule has 0 aliphatic carbocycles. The molecule has 2 aromatic heterocycles. The van der Waals surface area contributed by atoms with Gasteiger partial charge in [0.25, 0.3) is 5.91 Å². The van der Waals surface area contributed by atoms with Gasteiger partial charge < -0.3 is 19.0 Å². The Labute approximate surface area is 243 Å². The number of methoxy groups -OCH3 is 1. The highest BCUT2D eigenvalue weighted by molar-refractivity contribution is 8.00. The number of ketones is 1. The molecule has 9 nitrogen and oxygen atoms in total. The van der Waals surface area contributed by atoms with Crippen LogP contribution in [0, 0.1) is 6.92 Å². The van der Waals surface area contributed by atoms with Crippen molar-refractivity contribution in [3.05, 3.63) is 93.6 Å². The second-order valence-corrected chi connectivity index (χ2v) is 11.3. The molecule has 1 unspecified atom stereocenters. The van der Waals surface area contributed by atoms with Gasteiger partial charge in [-0.1, -0.05) is 52.9 Å². The first-order valence-corrected chi connectivity index (χ1v) is 14.4. The number of rotatable bonds is 10. The predicted octanol–water partition coefficient (Wildman–Crippen LogP) is 6.58. The maximum atomic E-state index is 13.6. The van der Waals surface area contributed by atoms with Crippen molar-refractivity contribution < 1.29 is 28.6 Å². The molecule has 206 valence electrons. The van der Waals surface area contributed by atoms with Gasteiger partial charge in [0, 0.05) is 10.8 Å². The van der Waals surface area contributed by atoms with Gasteiger partial charge in [-0.15, -0.1) is 10.2 Å². The second kappa shape index (κ2) is 11.7. The Kier molecular flexibility index (Phi) is 8.15. The molecule has 5 rings (SSSR count). The van der Waals surface area contributed by atoms with Crippen molar-refractivity contribution in [1.29, 1.82) is 0 Å². The van der Waals surface area contributed by atoms with Crippen LogP contribution in [0.4, 0.5) is 5.13 Å². The molecule has 0 bridgehead atoms. The fourth-order valence-electron chi connectivity index (χ4n) is 4.25. The number of aromatic nitrogens is 2. The zero-order chi connectivity index (χ0) is 28.4. The number of ether oxygens (including phenoxy) is 2. The third kappa shape index (κ3) is 5.45. The summed E-state index contributed by atoms with van der Waals surface area (Å²) in [5.41, 5.74) is 1.43. The molecule has 2 aromatic carbocycles. The van der Waals surface area contributed by atoms with Crippen molar-refractivity contribution in [2.75, 3.05) is 18.6 Å². The summed E-state index contributed by atoms with van der Waals surface area (Å²) >= 11 is 8.61. The fourth-order valence-corrected chi connectivity index (χ4v) is 6.20. The lowest BCUT2D eigenvalue weighted by atomic mass is 9.95. The van der Waals surface area contributed by atoms with Crippen LogP contribution in [0.3, 0.4) is 0 Å². The molecule has 12 heteroatoms. The molecule has 0 saturated heterocycles. The number of halogens is 1. The molecular formula is C28H24ClN3O6S2. The predicted molar refractivity (Wildman–Crippen MR) is 153 cm³/mol. The molecule has 40 heavy (non-hydrogen) atoms. The fraction of sp³-hybridized carbons (Fsp3) is 0.214. The number of amides is 1. The van der Waals surface area contributed by atoms with Crippen molar-refractivity contribution in [2.45, 2.75) is 30.0 Å². The van der Waals surface area contributed by atoms with E-state index < -0.39 is 23.5 Å². The number of anilines is 1. The zero-order valence-corrected chi connectivity index (χ0v) is 24.1. The van der Waals surface area contributed by atoms with Gasteiger partial charge in [-0.25, -0.2) is 0 Å². The highest BCUT2D eigenvalue weighted by Gasteiger charge is 2.47. The van der Waals surface area contributed by atoms with E-state index in [1.807, 2.05) is 31.2 Å². The van der Waals surface area contributed by atoms with Crippen molar-refractivity contribution in [2.24, 2.45) is 0 Å². The lowest BCUT2D eigenvalue weighted by molar-refractivity contribution is -0.117. The summed E-state index contributed by atoms with van der Waals surface area (Å²) in [5, 5.41) is 20.4. The summed E-state index contributed by atoms with van der Waals surface area (Å²) in [6, 6.07) is 14.7. The number of hydrogen-bond acceptors (Lipinski definition) is 10. The number of hydrogen-bond donors (Lipinski definition) is 1. The van der Waals surface area contributed by atoms with Gasteiger partial charge in [-0.3, -0.25) is 14.5 Å². The van der Waals surface area contributed by atoms with Crippen LogP contribution in [0.5, 0.6) is 11.5 Å². The van der Waals surface area contributed by atoms with Crippen LogP contribution >= 0.6 is 34.7 Å². The summed E-state index contributed by atoms with van der Waals surface area (Å²) in [7, 11) is 1.50. The topological polar surface area (TPSA) is 115 Å². The molecule has 1 amide bonds. The highest BCUT2D eigenvalue weighted by Crippen LogP contribution is 2.45. The van der Waals surface area contributed by atoms with Gasteiger partial charge in [0.2, 0.25) is 10.9 Å². The van der Waals surface area contributed by atoms with Gasteiger partial charge in [0.1, 0.15) is 5.76 Å². The quantitative estimate of drug-likeness (QED) is 0.123. The molecule has 1 aliphatic rings. The van der Waals surface area contributed by atoms with E-state index in [4.69, 9.17) is 25.5 Å². The maximum Gasteiger partial charge on any atom is 0.296 e. The van der Waals surface area contributed by atoms with Gasteiger partial charge in [0.15, 0.2) is 27.4 Å². The molecule has 4 aromatic rings. The Balaban J connectivity index is 1.53. The number of carbonyl (C=O) groups excluding carboxylic acids is 2. The van der Waals surface area contributed by atoms with E-state index in [0.29, 0.717) is 44.5 Å². The second-order valence-electron chi connectivity index (χ2n) is 8.69. The van der Waals surface area contributed by atoms with E-state index in [9.17, 15) is 14.7 Å². The average molecular weight is 598 g/mol. The molecule has 3 heterocycles. The van der Waals surface area contributed by atoms with Crippen molar-refractivity contribution in [3.63, 3.8) is 0 Å². The van der Waals surface area contributed by atoms with Crippen LogP contribution in [-0.4, -0.2) is 40.7 Å². The van der Waals surface area contributed by atoms with Crippen LogP contribution < -0.4 is 14.4 Å². The van der Waals surface area contributed by atoms with E-state index in [1.54, 1.807) is 31.2 Å². The molecule has 0 radical (unpaired) electrons. The number of Topliss-reactive ketones (excluding diaryl/α,β-unsaturated/α-hetero) is 1. The molecule has 1 N–H and O–H groups in total. The normalized spacial score (nSPS) is 15.2. The molecule has 0 spiro atoms. The Morgan fingerprint density at radius 3 is 2.60 bits per heavy atom. The average Bonchev–Trinajstić information content (AvgIpc) is 3.67. The highest BCUT2D eigenvalue weighted by atomic mass is 35.5. The number of aliphatic hydroxyl groups excluding tert-OH is 1. The minimum absolute atomic E-state index is 0.00748. The van der Waals surface area contributed by atoms with Crippen molar-refractivity contribution in [1.82, 2.24) is 10.2 Å². The van der Waals surface area contributed by atoms with Crippen LogP contribution in [0.2, 0.25) is 5.02 Å². The van der Waals surface area contributed by atoms with Crippen molar-refractivity contribution >= 4 is 51.5 Å². The maximum absolute atomic E-state index is 13.6. The van der Waals surface area contributed by atoms with Gasteiger partial charge >= 0.3 is 0 Å². The van der Waals surface area contributed by atoms with E-state index in [1.165, 1.54) is 41.2 Å². The third-order valence-electron chi connectivity index (χ3n) is 6.10. The van der Waals surface area contributed by atoms with Crippen LogP contribution in [0.25, 0.3) is 0 Å². The summed E-state index contributed by atoms with van der Waals surface area (Å²) in [5.74, 6) is 0.00559. The first-order chi connectivity index (χ1) is 19.3. The minimum atomic E-state index is -1.02. The van der Waals surface area contributed by atoms with E-state index in [2.05, 4.69) is 10.2 Å². The first-order valence-electron chi connectivity index (χ1n) is 12.2. The Morgan fingerprint density at radius 2 is 1.93 bits per heavy atom. The van der Waals surface area contributed by atoms with Crippen LogP contribution in [0.15, 0.2) is 74.7 Å². The number of benzene rings is 2. The summed E-state index contributed by atoms with van der Waals surface area (Å²) in [6.45, 7) is 3.98. The van der Waals surface area contributed by atoms with Gasteiger partial charge in [-0.2, -0.15) is 0 Å². The minimum Gasteiger partial charge on any atom is -0.503 e. The summed E-state index contributed by atoms with van der Waals surface area (Å²) in [4.78, 5) is 28.4. The van der Waals surface area contributed by atoms with Gasteiger partial charge in [0.05, 0.1) is 25.3 Å². The number of aliphatic hydroxyl groups is 1. The Bertz CT molecular complexity index is 1600. The standard InChI is InChI=1S/C28H24ClN3O6S2/c1-4-37-19-12-8-17(13-21(19)36-3)23-22(24(33)20-11-5-15(2)38-20)25(34)26(35)32(23)27-30-31-28(40-27)39-14-16-6-9-18(29)10-7-16/h5-13,23,34H,4,14H2,1-3H3. The first kappa shape index (κ1) is 27.8. The van der Waals surface area contributed by atoms with E-state index in [0.717, 1.165) is 5.56 Å². The third-order valence-corrected chi connectivity index (χ3v) is 8.48. The number of carbonyl (C=O) groups is 2. The Hall–Kier alpha value is -3.80. The molecular weight excluding hydrogens is 574 g/mol. The molecule has 0 fully saturated rings. The van der Waals surface area contributed by atoms with E-state index in [-0.39, 0.29) is 16.5 Å². The zero-order valence-electron chi connectivity index (χ0n) is 21.7. The smallest absolute Gasteiger partial charge is 0.296 e. The lowest BCUT2D eigenvalue weighted by Gasteiger charge is -2.24.